The number of morpholine rings is 1. The number of aliphatic carboxylic acids is 1. The molecule has 104 valence electrons. The maximum Gasteiger partial charge on any atom is 0.325 e. The van der Waals surface area contributed by atoms with E-state index in [-0.39, 0.29) is 18.5 Å². The quantitative estimate of drug-likeness (QED) is 0.651. The van der Waals surface area contributed by atoms with Crippen LogP contribution in [-0.4, -0.2) is 52.6 Å². The summed E-state index contributed by atoms with van der Waals surface area (Å²) in [5.41, 5.74) is 0.489. The molecule has 8 heteroatoms. The minimum Gasteiger partial charge on any atom is -0.480 e. The Hall–Kier alpha value is -1.93. The molecule has 0 spiro atoms. The molecule has 1 aliphatic rings. The van der Waals surface area contributed by atoms with Gasteiger partial charge >= 0.3 is 5.97 Å². The van der Waals surface area contributed by atoms with Crippen LogP contribution in [0.3, 0.4) is 0 Å². The molecule has 8 nitrogen and oxygen atoms in total. The molecule has 0 aliphatic carbocycles. The number of rotatable bonds is 5. The summed E-state index contributed by atoms with van der Waals surface area (Å²) in [7, 11) is 0. The van der Waals surface area contributed by atoms with Crippen LogP contribution in [0, 0.1) is 0 Å². The molecule has 1 fully saturated rings. The van der Waals surface area contributed by atoms with Gasteiger partial charge in [0, 0.05) is 25.2 Å². The molecule has 0 radical (unpaired) electrons. The molecule has 2 rings (SSSR count). The zero-order valence-electron chi connectivity index (χ0n) is 10.3. The van der Waals surface area contributed by atoms with Crippen molar-refractivity contribution in [1.82, 2.24) is 15.1 Å². The highest BCUT2D eigenvalue weighted by molar-refractivity contribution is 5.90. The summed E-state index contributed by atoms with van der Waals surface area (Å²) in [5, 5.41) is 18.3. The number of hydrogen-bond acceptors (Lipinski definition) is 5. The molecule has 1 atom stereocenters. The van der Waals surface area contributed by atoms with Crippen LogP contribution in [0.15, 0.2) is 12.4 Å². The minimum atomic E-state index is -0.982. The second-order valence-electron chi connectivity index (χ2n) is 4.30. The lowest BCUT2D eigenvalue weighted by molar-refractivity contribution is -0.137. The van der Waals surface area contributed by atoms with E-state index in [1.165, 1.54) is 17.1 Å². The van der Waals surface area contributed by atoms with Gasteiger partial charge in [-0.3, -0.25) is 14.3 Å². The van der Waals surface area contributed by atoms with Gasteiger partial charge in [-0.05, 0) is 0 Å². The number of amides is 1. The van der Waals surface area contributed by atoms with Crippen LogP contribution in [0.5, 0.6) is 0 Å². The first kappa shape index (κ1) is 13.5. The smallest absolute Gasteiger partial charge is 0.325 e. The number of carbonyl (C=O) groups excluding carboxylic acids is 1. The maximum absolute atomic E-state index is 11.8. The van der Waals surface area contributed by atoms with Crippen LogP contribution in [0.2, 0.25) is 0 Å². The summed E-state index contributed by atoms with van der Waals surface area (Å²) in [4.78, 5) is 22.2. The zero-order valence-corrected chi connectivity index (χ0v) is 10.3. The van der Waals surface area contributed by atoms with Gasteiger partial charge in [-0.2, -0.15) is 5.10 Å². The second-order valence-corrected chi connectivity index (χ2v) is 4.30. The fourth-order valence-corrected chi connectivity index (χ4v) is 1.84. The van der Waals surface area contributed by atoms with Crippen LogP contribution >= 0.6 is 0 Å². The Bertz CT molecular complexity index is 453. The average Bonchev–Trinajstić information content (AvgIpc) is 2.76. The highest BCUT2D eigenvalue weighted by Crippen LogP contribution is 2.07. The number of carboxylic acids is 1. The number of hydrogen-bond donors (Lipinski definition) is 3. The van der Waals surface area contributed by atoms with Crippen molar-refractivity contribution in [3.05, 3.63) is 12.4 Å². The van der Waals surface area contributed by atoms with E-state index in [1.54, 1.807) is 0 Å². The third-order valence-electron chi connectivity index (χ3n) is 2.64. The molecule has 1 aromatic heterocycles. The molecular formula is C11H16N4O4. The van der Waals surface area contributed by atoms with Crippen molar-refractivity contribution < 1.29 is 19.4 Å². The van der Waals surface area contributed by atoms with Crippen molar-refractivity contribution in [2.24, 2.45) is 0 Å². The van der Waals surface area contributed by atoms with Gasteiger partial charge in [0.25, 0.3) is 0 Å². The van der Waals surface area contributed by atoms with Gasteiger partial charge in [-0.15, -0.1) is 0 Å². The number of ether oxygens (including phenoxy) is 1. The summed E-state index contributed by atoms with van der Waals surface area (Å²) in [6.07, 6.45) is 3.21. The zero-order chi connectivity index (χ0) is 13.7. The predicted molar refractivity (Wildman–Crippen MR) is 65.7 cm³/mol. The number of nitrogens with zero attached hydrogens (tertiary/aromatic N) is 2. The van der Waals surface area contributed by atoms with Crippen LogP contribution in [0.1, 0.15) is 6.42 Å². The standard InChI is InChI=1S/C11H16N4O4/c16-10(3-8-7-19-2-1-12-8)14-9-4-13-15(5-9)6-11(17)18/h4-5,8,12H,1-3,6-7H2,(H,14,16)(H,17,18). The van der Waals surface area contributed by atoms with Gasteiger partial charge in [0.15, 0.2) is 0 Å². The van der Waals surface area contributed by atoms with E-state index in [9.17, 15) is 9.59 Å². The van der Waals surface area contributed by atoms with E-state index in [0.717, 1.165) is 6.54 Å². The Kier molecular flexibility index (Phi) is 4.48. The SMILES string of the molecule is O=C(O)Cn1cc(NC(=O)CC2COCCN2)cn1. The molecule has 0 aromatic carbocycles. The Balaban J connectivity index is 1.81. The van der Waals surface area contributed by atoms with Crippen molar-refractivity contribution >= 4 is 17.6 Å². The number of anilines is 1. The van der Waals surface area contributed by atoms with E-state index < -0.39 is 5.97 Å². The Morgan fingerprint density at radius 2 is 2.47 bits per heavy atom. The molecule has 1 unspecified atom stereocenters. The van der Waals surface area contributed by atoms with E-state index in [2.05, 4.69) is 15.7 Å². The van der Waals surface area contributed by atoms with Crippen LogP contribution in [-0.2, 0) is 20.9 Å². The predicted octanol–water partition coefficient (Wildman–Crippen LogP) is -0.715. The number of aromatic nitrogens is 2. The van der Waals surface area contributed by atoms with Gasteiger partial charge in [0.2, 0.25) is 5.91 Å². The second kappa shape index (κ2) is 6.30. The Morgan fingerprint density at radius 3 is 3.16 bits per heavy atom. The topological polar surface area (TPSA) is 105 Å². The third kappa shape index (κ3) is 4.34. The first-order chi connectivity index (χ1) is 9.13. The largest absolute Gasteiger partial charge is 0.480 e. The van der Waals surface area contributed by atoms with E-state index in [0.29, 0.717) is 25.3 Å². The van der Waals surface area contributed by atoms with E-state index in [4.69, 9.17) is 9.84 Å². The highest BCUT2D eigenvalue weighted by atomic mass is 16.5. The molecule has 3 N–H and O–H groups in total. The number of carbonyl (C=O) groups is 2. The minimum absolute atomic E-state index is 0.0165. The lowest BCUT2D eigenvalue weighted by atomic mass is 10.2. The fourth-order valence-electron chi connectivity index (χ4n) is 1.84. The first-order valence-corrected chi connectivity index (χ1v) is 5.99. The number of carboxylic acid groups (broad SMARTS) is 1. The Labute approximate surface area is 109 Å². The van der Waals surface area contributed by atoms with Crippen molar-refractivity contribution in [3.8, 4) is 0 Å². The van der Waals surface area contributed by atoms with Crippen molar-refractivity contribution in [1.29, 1.82) is 0 Å². The summed E-state index contributed by atoms with van der Waals surface area (Å²) in [6, 6.07) is 0.0165. The normalized spacial score (nSPS) is 19.1. The molecule has 19 heavy (non-hydrogen) atoms. The Morgan fingerprint density at radius 1 is 1.63 bits per heavy atom. The fraction of sp³-hybridized carbons (Fsp3) is 0.545. The van der Waals surface area contributed by atoms with Crippen molar-refractivity contribution in [2.45, 2.75) is 19.0 Å². The third-order valence-corrected chi connectivity index (χ3v) is 2.64. The first-order valence-electron chi connectivity index (χ1n) is 5.99. The van der Waals surface area contributed by atoms with Crippen LogP contribution in [0.4, 0.5) is 5.69 Å². The van der Waals surface area contributed by atoms with E-state index >= 15 is 0 Å². The van der Waals surface area contributed by atoms with E-state index in [1.807, 2.05) is 0 Å². The van der Waals surface area contributed by atoms with Crippen LogP contribution < -0.4 is 10.6 Å². The number of nitrogens with one attached hydrogen (secondary N) is 2. The van der Waals surface area contributed by atoms with Crippen molar-refractivity contribution in [3.63, 3.8) is 0 Å². The van der Waals surface area contributed by atoms with Gasteiger partial charge in [-0.1, -0.05) is 0 Å². The molecular weight excluding hydrogens is 252 g/mol. The summed E-state index contributed by atoms with van der Waals surface area (Å²) in [5.74, 6) is -1.14. The summed E-state index contributed by atoms with van der Waals surface area (Å²) >= 11 is 0. The average molecular weight is 268 g/mol. The monoisotopic (exact) mass is 268 g/mol. The van der Waals surface area contributed by atoms with Gasteiger partial charge in [0.05, 0.1) is 25.1 Å². The van der Waals surface area contributed by atoms with Gasteiger partial charge < -0.3 is 20.5 Å². The molecule has 1 saturated heterocycles. The molecule has 2 heterocycles. The summed E-state index contributed by atoms with van der Waals surface area (Å²) in [6.45, 7) is 1.70. The van der Waals surface area contributed by atoms with Gasteiger partial charge in [-0.25, -0.2) is 0 Å². The molecule has 1 aromatic rings. The molecule has 1 amide bonds. The summed E-state index contributed by atoms with van der Waals surface area (Å²) < 4.78 is 6.51. The highest BCUT2D eigenvalue weighted by Gasteiger charge is 2.17. The van der Waals surface area contributed by atoms with Crippen molar-refractivity contribution in [2.75, 3.05) is 25.1 Å². The lowest BCUT2D eigenvalue weighted by Crippen LogP contribution is -2.43. The van der Waals surface area contributed by atoms with Crippen LogP contribution in [0.25, 0.3) is 0 Å². The molecule has 0 bridgehead atoms. The maximum atomic E-state index is 11.8. The van der Waals surface area contributed by atoms with Gasteiger partial charge in [0.1, 0.15) is 6.54 Å². The molecule has 1 aliphatic heterocycles. The lowest BCUT2D eigenvalue weighted by Gasteiger charge is -2.23. The molecule has 0 saturated carbocycles.